The maximum atomic E-state index is 12.3. The van der Waals surface area contributed by atoms with Crippen LogP contribution in [-0.4, -0.2) is 23.0 Å². The Kier molecular flexibility index (Phi) is 4.30. The van der Waals surface area contributed by atoms with Crippen molar-refractivity contribution >= 4 is 17.2 Å². The first-order chi connectivity index (χ1) is 11.0. The minimum Gasteiger partial charge on any atom is -0.356 e. The van der Waals surface area contributed by atoms with E-state index >= 15 is 0 Å². The van der Waals surface area contributed by atoms with Crippen molar-refractivity contribution < 1.29 is 9.32 Å². The molecule has 0 saturated carbocycles. The highest BCUT2D eigenvalue weighted by atomic mass is 32.1. The number of carbonyl (C=O) groups is 1. The molecule has 0 atom stereocenters. The molecule has 118 valence electrons. The van der Waals surface area contributed by atoms with Crippen molar-refractivity contribution in [2.45, 2.75) is 20.4 Å². The molecule has 2 aromatic heterocycles. The zero-order valence-electron chi connectivity index (χ0n) is 13.4. The van der Waals surface area contributed by atoms with Crippen LogP contribution in [0.15, 0.2) is 46.3 Å². The lowest BCUT2D eigenvalue weighted by Gasteiger charge is -2.13. The zero-order chi connectivity index (χ0) is 16.4. The SMILES string of the molecule is Cc1ccc(-c2cc(CN(C)C(=O)c3cccs3)no2)c(C)c1. The summed E-state index contributed by atoms with van der Waals surface area (Å²) in [5.41, 5.74) is 4.14. The molecule has 1 aromatic carbocycles. The highest BCUT2D eigenvalue weighted by Gasteiger charge is 2.16. The van der Waals surface area contributed by atoms with Gasteiger partial charge < -0.3 is 9.42 Å². The maximum absolute atomic E-state index is 12.3. The van der Waals surface area contributed by atoms with Gasteiger partial charge in [-0.2, -0.15) is 0 Å². The summed E-state index contributed by atoms with van der Waals surface area (Å²) in [6, 6.07) is 11.8. The van der Waals surface area contributed by atoms with Crippen molar-refractivity contribution in [2.24, 2.45) is 0 Å². The van der Waals surface area contributed by atoms with Gasteiger partial charge in [-0.15, -0.1) is 11.3 Å². The number of hydrogen-bond acceptors (Lipinski definition) is 4. The van der Waals surface area contributed by atoms with Crippen LogP contribution in [0.25, 0.3) is 11.3 Å². The smallest absolute Gasteiger partial charge is 0.264 e. The summed E-state index contributed by atoms with van der Waals surface area (Å²) in [4.78, 5) is 14.6. The Morgan fingerprint density at radius 1 is 1.26 bits per heavy atom. The number of aromatic nitrogens is 1. The number of benzene rings is 1. The van der Waals surface area contributed by atoms with Gasteiger partial charge in [-0.25, -0.2) is 0 Å². The van der Waals surface area contributed by atoms with Crippen LogP contribution < -0.4 is 0 Å². The van der Waals surface area contributed by atoms with E-state index in [0.29, 0.717) is 6.54 Å². The molecule has 0 spiro atoms. The second-order valence-corrected chi connectivity index (χ2v) is 6.59. The maximum Gasteiger partial charge on any atom is 0.264 e. The second-order valence-electron chi connectivity index (χ2n) is 5.64. The van der Waals surface area contributed by atoms with E-state index in [1.807, 2.05) is 29.6 Å². The van der Waals surface area contributed by atoms with Crippen molar-refractivity contribution in [1.82, 2.24) is 10.1 Å². The van der Waals surface area contributed by atoms with Gasteiger partial charge in [0.25, 0.3) is 5.91 Å². The number of amides is 1. The number of hydrogen-bond donors (Lipinski definition) is 0. The fourth-order valence-electron chi connectivity index (χ4n) is 2.51. The second kappa shape index (κ2) is 6.38. The van der Waals surface area contributed by atoms with Crippen molar-refractivity contribution in [3.63, 3.8) is 0 Å². The predicted octanol–water partition coefficient (Wildman–Crippen LogP) is 4.29. The van der Waals surface area contributed by atoms with E-state index in [-0.39, 0.29) is 5.91 Å². The number of nitrogens with zero attached hydrogens (tertiary/aromatic N) is 2. The molecule has 0 N–H and O–H groups in total. The highest BCUT2D eigenvalue weighted by molar-refractivity contribution is 7.12. The molecule has 3 rings (SSSR count). The minimum atomic E-state index is -0.00364. The molecular formula is C18H18N2O2S. The highest BCUT2D eigenvalue weighted by Crippen LogP contribution is 2.25. The summed E-state index contributed by atoms with van der Waals surface area (Å²) in [6.07, 6.45) is 0. The number of thiophene rings is 1. The van der Waals surface area contributed by atoms with Crippen molar-refractivity contribution in [2.75, 3.05) is 7.05 Å². The normalized spacial score (nSPS) is 10.7. The first kappa shape index (κ1) is 15.5. The van der Waals surface area contributed by atoms with E-state index in [0.717, 1.165) is 27.5 Å². The third-order valence-corrected chi connectivity index (χ3v) is 4.54. The number of rotatable bonds is 4. The van der Waals surface area contributed by atoms with E-state index in [1.165, 1.54) is 16.9 Å². The van der Waals surface area contributed by atoms with Crippen LogP contribution in [0.2, 0.25) is 0 Å². The van der Waals surface area contributed by atoms with E-state index in [4.69, 9.17) is 4.52 Å². The van der Waals surface area contributed by atoms with E-state index in [9.17, 15) is 4.79 Å². The summed E-state index contributed by atoms with van der Waals surface area (Å²) in [5.74, 6) is 0.727. The molecule has 3 aromatic rings. The molecule has 5 heteroatoms. The molecule has 0 unspecified atom stereocenters. The van der Waals surface area contributed by atoms with Crippen LogP contribution in [0.4, 0.5) is 0 Å². The third-order valence-electron chi connectivity index (χ3n) is 3.68. The summed E-state index contributed by atoms with van der Waals surface area (Å²) in [7, 11) is 1.77. The van der Waals surface area contributed by atoms with Gasteiger partial charge in [0.05, 0.1) is 11.4 Å². The Hall–Kier alpha value is -2.40. The standard InChI is InChI=1S/C18H18N2O2S/c1-12-6-7-15(13(2)9-12)16-10-14(19-22-16)11-20(3)18(21)17-5-4-8-23-17/h4-10H,11H2,1-3H3. The van der Waals surface area contributed by atoms with Gasteiger partial charge >= 0.3 is 0 Å². The average molecular weight is 326 g/mol. The van der Waals surface area contributed by atoms with Crippen LogP contribution in [0.1, 0.15) is 26.5 Å². The summed E-state index contributed by atoms with van der Waals surface area (Å²) < 4.78 is 5.46. The van der Waals surface area contributed by atoms with Gasteiger partial charge in [-0.1, -0.05) is 35.0 Å². The molecule has 0 aliphatic heterocycles. The van der Waals surface area contributed by atoms with E-state index in [1.54, 1.807) is 11.9 Å². The van der Waals surface area contributed by atoms with Crippen molar-refractivity contribution in [3.05, 3.63) is 63.5 Å². The first-order valence-electron chi connectivity index (χ1n) is 7.37. The Labute approximate surface area is 139 Å². The largest absolute Gasteiger partial charge is 0.356 e. The molecule has 0 aliphatic carbocycles. The lowest BCUT2D eigenvalue weighted by molar-refractivity contribution is 0.0787. The molecular weight excluding hydrogens is 308 g/mol. The average Bonchev–Trinajstić information content (AvgIpc) is 3.18. The Bertz CT molecular complexity index is 821. The molecule has 0 saturated heterocycles. The van der Waals surface area contributed by atoms with E-state index in [2.05, 4.69) is 31.1 Å². The predicted molar refractivity (Wildman–Crippen MR) is 91.5 cm³/mol. The zero-order valence-corrected chi connectivity index (χ0v) is 14.2. The monoisotopic (exact) mass is 326 g/mol. The molecule has 23 heavy (non-hydrogen) atoms. The van der Waals surface area contributed by atoms with Crippen molar-refractivity contribution in [3.8, 4) is 11.3 Å². The third kappa shape index (κ3) is 3.35. The van der Waals surface area contributed by atoms with Crippen LogP contribution >= 0.6 is 11.3 Å². The van der Waals surface area contributed by atoms with Crippen LogP contribution in [0.5, 0.6) is 0 Å². The fraction of sp³-hybridized carbons (Fsp3) is 0.222. The molecule has 0 fully saturated rings. The molecule has 1 amide bonds. The fourth-order valence-corrected chi connectivity index (χ4v) is 3.22. The van der Waals surface area contributed by atoms with Crippen LogP contribution in [0.3, 0.4) is 0 Å². The summed E-state index contributed by atoms with van der Waals surface area (Å²) in [5, 5.41) is 5.99. The molecule has 0 bridgehead atoms. The van der Waals surface area contributed by atoms with Crippen molar-refractivity contribution in [1.29, 1.82) is 0 Å². The summed E-state index contributed by atoms with van der Waals surface area (Å²) >= 11 is 1.44. The lowest BCUT2D eigenvalue weighted by Crippen LogP contribution is -2.25. The first-order valence-corrected chi connectivity index (χ1v) is 8.25. The van der Waals surface area contributed by atoms with Gasteiger partial charge in [0, 0.05) is 18.7 Å². The Morgan fingerprint density at radius 3 is 2.78 bits per heavy atom. The molecule has 4 nitrogen and oxygen atoms in total. The van der Waals surface area contributed by atoms with Gasteiger partial charge in [-0.05, 0) is 30.9 Å². The number of aryl methyl sites for hydroxylation is 2. The lowest BCUT2D eigenvalue weighted by atomic mass is 10.0. The van der Waals surface area contributed by atoms with Crippen LogP contribution in [-0.2, 0) is 6.54 Å². The van der Waals surface area contributed by atoms with Gasteiger partial charge in [0.1, 0.15) is 5.69 Å². The number of carbonyl (C=O) groups excluding carboxylic acids is 1. The molecule has 0 aliphatic rings. The minimum absolute atomic E-state index is 0.00364. The van der Waals surface area contributed by atoms with Crippen LogP contribution in [0, 0.1) is 13.8 Å². The van der Waals surface area contributed by atoms with Gasteiger partial charge in [-0.3, -0.25) is 4.79 Å². The molecule has 0 radical (unpaired) electrons. The van der Waals surface area contributed by atoms with E-state index < -0.39 is 0 Å². The van der Waals surface area contributed by atoms with Gasteiger partial charge in [0.15, 0.2) is 5.76 Å². The summed E-state index contributed by atoms with van der Waals surface area (Å²) in [6.45, 7) is 4.54. The topological polar surface area (TPSA) is 46.3 Å². The molecule has 2 heterocycles. The Balaban J connectivity index is 1.76. The quantitative estimate of drug-likeness (QED) is 0.718. The van der Waals surface area contributed by atoms with Gasteiger partial charge in [0.2, 0.25) is 0 Å². The Morgan fingerprint density at radius 2 is 2.09 bits per heavy atom.